The lowest BCUT2D eigenvalue weighted by molar-refractivity contribution is 0.211. The van der Waals surface area contributed by atoms with Crippen LogP contribution in [-0.4, -0.2) is 26.1 Å². The summed E-state index contributed by atoms with van der Waals surface area (Å²) in [6.45, 7) is 1.76. The lowest BCUT2D eigenvalue weighted by atomic mass is 10.5. The van der Waals surface area contributed by atoms with Gasteiger partial charge in [0.25, 0.3) is 0 Å². The summed E-state index contributed by atoms with van der Waals surface area (Å²) in [7, 11) is 2.95. The Labute approximate surface area is 54.1 Å². The van der Waals surface area contributed by atoms with Crippen molar-refractivity contribution in [1.29, 1.82) is 0 Å². The molecule has 0 aromatic heterocycles. The van der Waals surface area contributed by atoms with Crippen LogP contribution in [-0.2, 0) is 9.68 Å². The van der Waals surface area contributed by atoms with Crippen LogP contribution in [0, 0.1) is 0 Å². The molecule has 0 N–H and O–H groups in total. The highest BCUT2D eigenvalue weighted by atomic mass is 16.6. The maximum absolute atomic E-state index is 4.44. The third kappa shape index (κ3) is 4.80. The van der Waals surface area contributed by atoms with Gasteiger partial charge >= 0.3 is 0 Å². The van der Waals surface area contributed by atoms with E-state index in [1.165, 1.54) is 20.4 Å². The van der Waals surface area contributed by atoms with Gasteiger partial charge in [-0.1, -0.05) is 10.3 Å². The number of nitrogens with zero attached hydrogens (tertiary/aromatic N) is 2. The average molecular weight is 130 g/mol. The molecule has 0 amide bonds. The maximum atomic E-state index is 4.44. The maximum Gasteiger partial charge on any atom is 0.106 e. The predicted molar refractivity (Wildman–Crippen MR) is 35.6 cm³/mol. The number of hydrogen-bond donors (Lipinski definition) is 0. The predicted octanol–water partition coefficient (Wildman–Crippen LogP) is 0.641. The molecule has 4 heteroatoms. The van der Waals surface area contributed by atoms with Gasteiger partial charge in [-0.05, 0) is 6.92 Å². The Bertz CT molecular complexity index is 120. The van der Waals surface area contributed by atoms with E-state index in [1.807, 2.05) is 0 Å². The Morgan fingerprint density at radius 3 is 2.44 bits per heavy atom. The lowest BCUT2D eigenvalue weighted by Gasteiger charge is -1.87. The molecule has 0 saturated heterocycles. The zero-order valence-electron chi connectivity index (χ0n) is 5.79. The van der Waals surface area contributed by atoms with Crippen molar-refractivity contribution in [3.8, 4) is 0 Å². The first kappa shape index (κ1) is 7.94. The molecular formula is C5H10N2O2. The van der Waals surface area contributed by atoms with E-state index in [1.54, 1.807) is 6.92 Å². The van der Waals surface area contributed by atoms with Crippen LogP contribution in [0.5, 0.6) is 0 Å². The van der Waals surface area contributed by atoms with Crippen LogP contribution in [0.3, 0.4) is 0 Å². The van der Waals surface area contributed by atoms with Crippen LogP contribution in [0.25, 0.3) is 0 Å². The van der Waals surface area contributed by atoms with Crippen molar-refractivity contribution < 1.29 is 9.68 Å². The first-order valence-electron chi connectivity index (χ1n) is 2.45. The molecule has 0 aliphatic heterocycles. The summed E-state index contributed by atoms with van der Waals surface area (Å²) < 4.78 is 0. The highest BCUT2D eigenvalue weighted by Crippen LogP contribution is 1.74. The molecule has 0 aliphatic rings. The van der Waals surface area contributed by atoms with E-state index < -0.39 is 0 Å². The summed E-state index contributed by atoms with van der Waals surface area (Å²) >= 11 is 0. The number of oxime groups is 2. The molecule has 0 aliphatic carbocycles. The third-order valence-corrected chi connectivity index (χ3v) is 0.580. The Kier molecular flexibility index (Phi) is 4.49. The van der Waals surface area contributed by atoms with Crippen molar-refractivity contribution in [1.82, 2.24) is 0 Å². The van der Waals surface area contributed by atoms with Crippen LogP contribution in [0.4, 0.5) is 0 Å². The Hall–Kier alpha value is -1.06. The third-order valence-electron chi connectivity index (χ3n) is 0.580. The normalized spacial score (nSPS) is 12.1. The second-order valence-electron chi connectivity index (χ2n) is 1.33. The molecule has 0 rings (SSSR count). The molecule has 4 nitrogen and oxygen atoms in total. The smallest absolute Gasteiger partial charge is 0.106 e. The van der Waals surface area contributed by atoms with Gasteiger partial charge in [0.2, 0.25) is 0 Å². The van der Waals surface area contributed by atoms with Gasteiger partial charge in [-0.3, -0.25) is 0 Å². The van der Waals surface area contributed by atoms with E-state index in [4.69, 9.17) is 0 Å². The minimum Gasteiger partial charge on any atom is -0.399 e. The average Bonchev–Trinajstić information content (AvgIpc) is 1.85. The molecule has 0 radical (unpaired) electrons. The zero-order valence-corrected chi connectivity index (χ0v) is 5.79. The van der Waals surface area contributed by atoms with E-state index in [0.29, 0.717) is 5.71 Å². The topological polar surface area (TPSA) is 43.2 Å². The summed E-state index contributed by atoms with van der Waals surface area (Å²) in [6.07, 6.45) is 1.46. The molecule has 0 fully saturated rings. The zero-order chi connectivity index (χ0) is 7.11. The summed E-state index contributed by atoms with van der Waals surface area (Å²) in [6, 6.07) is 0. The van der Waals surface area contributed by atoms with Gasteiger partial charge in [-0.2, -0.15) is 0 Å². The monoisotopic (exact) mass is 130 g/mol. The first-order valence-corrected chi connectivity index (χ1v) is 2.45. The molecule has 0 atom stereocenters. The van der Waals surface area contributed by atoms with Crippen molar-refractivity contribution in [2.24, 2.45) is 10.3 Å². The van der Waals surface area contributed by atoms with Gasteiger partial charge in [0, 0.05) is 0 Å². The van der Waals surface area contributed by atoms with Gasteiger partial charge < -0.3 is 9.68 Å². The van der Waals surface area contributed by atoms with Crippen LogP contribution in [0.2, 0.25) is 0 Å². The summed E-state index contributed by atoms with van der Waals surface area (Å²) in [4.78, 5) is 8.83. The van der Waals surface area contributed by atoms with Crippen LogP contribution in [0.15, 0.2) is 10.3 Å². The van der Waals surface area contributed by atoms with Crippen molar-refractivity contribution in [3.63, 3.8) is 0 Å². The van der Waals surface area contributed by atoms with Gasteiger partial charge in [-0.15, -0.1) is 0 Å². The highest BCUT2D eigenvalue weighted by molar-refractivity contribution is 6.29. The molecule has 0 heterocycles. The van der Waals surface area contributed by atoms with Crippen LogP contribution in [0.1, 0.15) is 6.92 Å². The van der Waals surface area contributed by atoms with E-state index in [-0.39, 0.29) is 0 Å². The van der Waals surface area contributed by atoms with Gasteiger partial charge in [0.15, 0.2) is 0 Å². The number of hydrogen-bond acceptors (Lipinski definition) is 4. The Morgan fingerprint density at radius 1 is 1.33 bits per heavy atom. The fraction of sp³-hybridized carbons (Fsp3) is 0.600. The fourth-order valence-electron chi connectivity index (χ4n) is 0.297. The van der Waals surface area contributed by atoms with Crippen molar-refractivity contribution in [2.75, 3.05) is 14.2 Å². The van der Waals surface area contributed by atoms with E-state index in [2.05, 4.69) is 20.0 Å². The SMILES string of the molecule is CON=CC(C)=NOC. The Morgan fingerprint density at radius 2 is 2.00 bits per heavy atom. The second kappa shape index (κ2) is 5.08. The number of rotatable bonds is 3. The second-order valence-corrected chi connectivity index (χ2v) is 1.33. The summed E-state index contributed by atoms with van der Waals surface area (Å²) in [5.41, 5.74) is 0.666. The van der Waals surface area contributed by atoms with Gasteiger partial charge in [0.1, 0.15) is 14.2 Å². The molecule has 0 aromatic carbocycles. The molecule has 9 heavy (non-hydrogen) atoms. The minimum atomic E-state index is 0.666. The summed E-state index contributed by atoms with van der Waals surface area (Å²) in [5.74, 6) is 0. The fourth-order valence-corrected chi connectivity index (χ4v) is 0.297. The standard InChI is InChI=1S/C5H10N2O2/c1-5(7-9-3)4-6-8-2/h4H,1-3H3. The highest BCUT2D eigenvalue weighted by Gasteiger charge is 1.80. The van der Waals surface area contributed by atoms with E-state index >= 15 is 0 Å². The Balaban J connectivity index is 3.60. The quantitative estimate of drug-likeness (QED) is 0.415. The molecule has 0 spiro atoms. The van der Waals surface area contributed by atoms with Crippen molar-refractivity contribution in [3.05, 3.63) is 0 Å². The van der Waals surface area contributed by atoms with Crippen LogP contribution >= 0.6 is 0 Å². The van der Waals surface area contributed by atoms with Crippen molar-refractivity contribution >= 4 is 11.9 Å². The van der Waals surface area contributed by atoms with E-state index in [0.717, 1.165) is 0 Å². The molecule has 52 valence electrons. The van der Waals surface area contributed by atoms with Crippen LogP contribution < -0.4 is 0 Å². The molecule has 0 unspecified atom stereocenters. The lowest BCUT2D eigenvalue weighted by Crippen LogP contribution is -1.92. The summed E-state index contributed by atoms with van der Waals surface area (Å²) in [5, 5.41) is 7.00. The van der Waals surface area contributed by atoms with E-state index in [9.17, 15) is 0 Å². The molecule has 0 bridgehead atoms. The largest absolute Gasteiger partial charge is 0.399 e. The van der Waals surface area contributed by atoms with Crippen molar-refractivity contribution in [2.45, 2.75) is 6.92 Å². The first-order chi connectivity index (χ1) is 4.31. The minimum absolute atomic E-state index is 0.666. The molecule has 0 aromatic rings. The van der Waals surface area contributed by atoms with Gasteiger partial charge in [-0.25, -0.2) is 0 Å². The molecule has 0 saturated carbocycles. The van der Waals surface area contributed by atoms with Gasteiger partial charge in [0.05, 0.1) is 11.9 Å². The molecular weight excluding hydrogens is 120 g/mol.